The summed E-state index contributed by atoms with van der Waals surface area (Å²) in [4.78, 5) is 16.4. The standard InChI is InChI=1S/C29H31FN2O3/c1-4-20-7-6-10-23-25(18-32-29(20)23)24(21-8-5-9-22(30)16-21)17-28(33)31-14-13-19-11-12-26(34-2)27(15-19)35-3/h5-12,15-16,18,24,32H,4,13-14,17H2,1-3H3,(H,31,33)/t24-/m0/s1. The molecule has 2 N–H and O–H groups in total. The third kappa shape index (κ3) is 5.48. The van der Waals surface area contributed by atoms with Gasteiger partial charge in [-0.3, -0.25) is 4.79 Å². The summed E-state index contributed by atoms with van der Waals surface area (Å²) in [5.74, 6) is 0.667. The highest BCUT2D eigenvalue weighted by Crippen LogP contribution is 2.35. The normalized spacial score (nSPS) is 11.9. The third-order valence-corrected chi connectivity index (χ3v) is 6.41. The van der Waals surface area contributed by atoms with E-state index >= 15 is 0 Å². The van der Waals surface area contributed by atoms with Crippen LogP contribution >= 0.6 is 0 Å². The minimum absolute atomic E-state index is 0.0827. The number of para-hydroxylation sites is 1. The van der Waals surface area contributed by atoms with E-state index in [-0.39, 0.29) is 24.1 Å². The molecule has 0 bridgehead atoms. The minimum atomic E-state index is -0.310. The quantitative estimate of drug-likeness (QED) is 0.307. The second-order valence-electron chi connectivity index (χ2n) is 8.54. The van der Waals surface area contributed by atoms with Crippen molar-refractivity contribution in [3.8, 4) is 11.5 Å². The number of rotatable bonds is 10. The lowest BCUT2D eigenvalue weighted by molar-refractivity contribution is -0.121. The molecule has 182 valence electrons. The molecule has 0 fully saturated rings. The molecule has 1 atom stereocenters. The van der Waals surface area contributed by atoms with Gasteiger partial charge in [-0.15, -0.1) is 0 Å². The first kappa shape index (κ1) is 24.3. The molecule has 0 saturated carbocycles. The van der Waals surface area contributed by atoms with Crippen molar-refractivity contribution in [1.29, 1.82) is 0 Å². The summed E-state index contributed by atoms with van der Waals surface area (Å²) in [5, 5.41) is 4.10. The van der Waals surface area contributed by atoms with E-state index in [2.05, 4.69) is 29.4 Å². The lowest BCUT2D eigenvalue weighted by atomic mass is 9.87. The number of carbonyl (C=O) groups is 1. The van der Waals surface area contributed by atoms with Gasteiger partial charge in [0.15, 0.2) is 11.5 Å². The molecule has 0 aliphatic rings. The SMILES string of the molecule is CCc1cccc2c([C@@H](CC(=O)NCCc3ccc(OC)c(OC)c3)c3cccc(F)c3)c[nH]c12. The molecule has 1 aromatic heterocycles. The Kier molecular flexibility index (Phi) is 7.70. The van der Waals surface area contributed by atoms with Crippen molar-refractivity contribution in [3.05, 3.63) is 94.9 Å². The molecule has 3 aromatic carbocycles. The number of aromatic amines is 1. The van der Waals surface area contributed by atoms with Crippen LogP contribution in [-0.4, -0.2) is 31.7 Å². The minimum Gasteiger partial charge on any atom is -0.493 e. The van der Waals surface area contributed by atoms with Crippen LogP contribution in [0.15, 0.2) is 66.9 Å². The molecular formula is C29H31FN2O3. The van der Waals surface area contributed by atoms with Gasteiger partial charge in [-0.05, 0) is 59.4 Å². The first-order valence-corrected chi connectivity index (χ1v) is 11.9. The van der Waals surface area contributed by atoms with Crippen molar-refractivity contribution >= 4 is 16.8 Å². The number of amides is 1. The molecule has 0 saturated heterocycles. The van der Waals surface area contributed by atoms with Crippen LogP contribution in [0, 0.1) is 5.82 Å². The van der Waals surface area contributed by atoms with Crippen molar-refractivity contribution < 1.29 is 18.7 Å². The highest BCUT2D eigenvalue weighted by atomic mass is 19.1. The molecule has 5 nitrogen and oxygen atoms in total. The fourth-order valence-corrected chi connectivity index (χ4v) is 4.59. The Bertz CT molecular complexity index is 1310. The topological polar surface area (TPSA) is 63.4 Å². The molecule has 1 amide bonds. The number of ether oxygens (including phenoxy) is 2. The van der Waals surface area contributed by atoms with E-state index in [4.69, 9.17) is 9.47 Å². The van der Waals surface area contributed by atoms with Crippen LogP contribution in [-0.2, 0) is 17.6 Å². The Hall–Kier alpha value is -3.80. The summed E-state index contributed by atoms with van der Waals surface area (Å²) >= 11 is 0. The molecule has 0 unspecified atom stereocenters. The van der Waals surface area contributed by atoms with Gasteiger partial charge in [-0.25, -0.2) is 4.39 Å². The zero-order chi connectivity index (χ0) is 24.8. The molecular weight excluding hydrogens is 443 g/mol. The van der Waals surface area contributed by atoms with Gasteiger partial charge >= 0.3 is 0 Å². The summed E-state index contributed by atoms with van der Waals surface area (Å²) < 4.78 is 24.8. The summed E-state index contributed by atoms with van der Waals surface area (Å²) in [7, 11) is 3.20. The van der Waals surface area contributed by atoms with Crippen molar-refractivity contribution in [3.63, 3.8) is 0 Å². The predicted octanol–water partition coefficient (Wildman–Crippen LogP) is 5.77. The Labute approximate surface area is 205 Å². The second-order valence-corrected chi connectivity index (χ2v) is 8.54. The van der Waals surface area contributed by atoms with E-state index in [1.165, 1.54) is 17.7 Å². The van der Waals surface area contributed by atoms with Crippen molar-refractivity contribution in [2.45, 2.75) is 32.1 Å². The molecule has 6 heteroatoms. The van der Waals surface area contributed by atoms with Gasteiger partial charge in [0.25, 0.3) is 0 Å². The van der Waals surface area contributed by atoms with Gasteiger partial charge in [0.1, 0.15) is 5.82 Å². The number of H-pyrrole nitrogens is 1. The van der Waals surface area contributed by atoms with E-state index < -0.39 is 0 Å². The zero-order valence-electron chi connectivity index (χ0n) is 20.4. The number of methoxy groups -OCH3 is 2. The fraction of sp³-hybridized carbons (Fsp3) is 0.276. The first-order valence-electron chi connectivity index (χ1n) is 11.9. The summed E-state index contributed by atoms with van der Waals surface area (Å²) in [5.41, 5.74) is 5.10. The van der Waals surface area contributed by atoms with E-state index in [9.17, 15) is 9.18 Å². The zero-order valence-corrected chi connectivity index (χ0v) is 20.4. The molecule has 0 aliphatic carbocycles. The molecule has 0 radical (unpaired) electrons. The van der Waals surface area contributed by atoms with E-state index in [1.54, 1.807) is 20.3 Å². The van der Waals surface area contributed by atoms with Crippen LogP contribution in [0.2, 0.25) is 0 Å². The lowest BCUT2D eigenvalue weighted by Crippen LogP contribution is -2.27. The van der Waals surface area contributed by atoms with E-state index in [0.717, 1.165) is 34.0 Å². The number of hydrogen-bond acceptors (Lipinski definition) is 3. The van der Waals surface area contributed by atoms with Gasteiger partial charge in [0, 0.05) is 36.0 Å². The largest absolute Gasteiger partial charge is 0.493 e. The second kappa shape index (κ2) is 11.1. The smallest absolute Gasteiger partial charge is 0.220 e. The highest BCUT2D eigenvalue weighted by molar-refractivity contribution is 5.88. The maximum absolute atomic E-state index is 14.1. The Morgan fingerprint density at radius 3 is 2.57 bits per heavy atom. The van der Waals surface area contributed by atoms with Crippen LogP contribution in [0.4, 0.5) is 4.39 Å². The highest BCUT2D eigenvalue weighted by Gasteiger charge is 2.22. The van der Waals surface area contributed by atoms with Crippen LogP contribution in [0.5, 0.6) is 11.5 Å². The number of carbonyl (C=O) groups excluding carboxylic acids is 1. The summed E-state index contributed by atoms with van der Waals surface area (Å²) in [6.07, 6.45) is 3.73. The average molecular weight is 475 g/mol. The maximum atomic E-state index is 14.1. The lowest BCUT2D eigenvalue weighted by Gasteiger charge is -2.18. The summed E-state index contributed by atoms with van der Waals surface area (Å²) in [6.45, 7) is 2.60. The van der Waals surface area contributed by atoms with Gasteiger partial charge in [0.2, 0.25) is 5.91 Å². The van der Waals surface area contributed by atoms with Crippen LogP contribution in [0.3, 0.4) is 0 Å². The maximum Gasteiger partial charge on any atom is 0.220 e. The monoisotopic (exact) mass is 474 g/mol. The van der Waals surface area contributed by atoms with Crippen molar-refractivity contribution in [1.82, 2.24) is 10.3 Å². The molecule has 4 aromatic rings. The Morgan fingerprint density at radius 1 is 1.03 bits per heavy atom. The molecule has 0 aliphatic heterocycles. The number of aryl methyl sites for hydroxylation is 1. The Balaban J connectivity index is 1.52. The van der Waals surface area contributed by atoms with Gasteiger partial charge in [-0.1, -0.05) is 43.3 Å². The van der Waals surface area contributed by atoms with Gasteiger partial charge in [-0.2, -0.15) is 0 Å². The average Bonchev–Trinajstić information content (AvgIpc) is 3.31. The van der Waals surface area contributed by atoms with Gasteiger partial charge in [0.05, 0.1) is 14.2 Å². The number of halogens is 1. The fourth-order valence-electron chi connectivity index (χ4n) is 4.59. The number of hydrogen-bond donors (Lipinski definition) is 2. The van der Waals surface area contributed by atoms with Crippen LogP contribution in [0.1, 0.15) is 41.5 Å². The van der Waals surface area contributed by atoms with E-state index in [1.807, 2.05) is 36.5 Å². The van der Waals surface area contributed by atoms with Crippen molar-refractivity contribution in [2.75, 3.05) is 20.8 Å². The molecule has 4 rings (SSSR count). The molecule has 0 spiro atoms. The molecule has 35 heavy (non-hydrogen) atoms. The number of nitrogens with one attached hydrogen (secondary N) is 2. The number of fused-ring (bicyclic) bond motifs is 1. The molecule has 1 heterocycles. The van der Waals surface area contributed by atoms with Crippen LogP contribution in [0.25, 0.3) is 10.9 Å². The first-order chi connectivity index (χ1) is 17.0. The van der Waals surface area contributed by atoms with E-state index in [0.29, 0.717) is 24.5 Å². The third-order valence-electron chi connectivity index (χ3n) is 6.41. The summed E-state index contributed by atoms with van der Waals surface area (Å²) in [6, 6.07) is 18.4. The van der Waals surface area contributed by atoms with Crippen molar-refractivity contribution in [2.24, 2.45) is 0 Å². The van der Waals surface area contributed by atoms with Crippen LogP contribution < -0.4 is 14.8 Å². The predicted molar refractivity (Wildman–Crippen MR) is 137 cm³/mol. The number of aromatic nitrogens is 1. The number of benzene rings is 3. The Morgan fingerprint density at radius 2 is 1.83 bits per heavy atom. The van der Waals surface area contributed by atoms with Gasteiger partial charge < -0.3 is 19.8 Å².